The van der Waals surface area contributed by atoms with E-state index in [9.17, 15) is 8.42 Å². The van der Waals surface area contributed by atoms with Gasteiger partial charge in [-0.3, -0.25) is 0 Å². The largest absolute Gasteiger partial charge is 0.370 e. The van der Waals surface area contributed by atoms with Crippen LogP contribution in [0.25, 0.3) is 0 Å². The van der Waals surface area contributed by atoms with Crippen molar-refractivity contribution in [2.24, 2.45) is 11.8 Å². The Morgan fingerprint density at radius 2 is 1.90 bits per heavy atom. The molecule has 0 spiro atoms. The Labute approximate surface area is 126 Å². The molecule has 6 heteroatoms. The van der Waals surface area contributed by atoms with Crippen molar-refractivity contribution in [2.75, 3.05) is 11.9 Å². The van der Waals surface area contributed by atoms with Gasteiger partial charge in [0.15, 0.2) is 0 Å². The minimum Gasteiger partial charge on any atom is -0.370 e. The molecule has 0 aromatic carbocycles. The molecule has 3 rings (SSSR count). The lowest BCUT2D eigenvalue weighted by molar-refractivity contribution is 0.471. The van der Waals surface area contributed by atoms with Gasteiger partial charge in [0.25, 0.3) is 0 Å². The summed E-state index contributed by atoms with van der Waals surface area (Å²) >= 11 is 0. The van der Waals surface area contributed by atoms with E-state index in [1.807, 2.05) is 0 Å². The highest BCUT2D eigenvalue weighted by molar-refractivity contribution is 7.89. The van der Waals surface area contributed by atoms with Gasteiger partial charge in [0, 0.05) is 18.8 Å². The van der Waals surface area contributed by atoms with Crippen LogP contribution >= 0.6 is 0 Å². The highest BCUT2D eigenvalue weighted by Crippen LogP contribution is 2.45. The van der Waals surface area contributed by atoms with Crippen LogP contribution in [0.15, 0.2) is 23.2 Å². The first kappa shape index (κ1) is 14.8. The van der Waals surface area contributed by atoms with E-state index in [4.69, 9.17) is 0 Å². The summed E-state index contributed by atoms with van der Waals surface area (Å²) in [6.07, 6.45) is 7.07. The number of nitrogens with zero attached hydrogens (tertiary/aromatic N) is 1. The highest BCUT2D eigenvalue weighted by atomic mass is 32.2. The van der Waals surface area contributed by atoms with Crippen LogP contribution in [-0.4, -0.2) is 26.0 Å². The zero-order chi connectivity index (χ0) is 14.9. The Morgan fingerprint density at radius 3 is 2.38 bits per heavy atom. The van der Waals surface area contributed by atoms with Crippen molar-refractivity contribution in [1.82, 2.24) is 9.71 Å². The minimum atomic E-state index is -3.45. The monoisotopic (exact) mass is 309 g/mol. The molecule has 2 fully saturated rings. The van der Waals surface area contributed by atoms with Gasteiger partial charge in [-0.25, -0.2) is 18.1 Å². The predicted octanol–water partition coefficient (Wildman–Crippen LogP) is 2.37. The standard InChI is InChI=1S/C15H23N3O2S/c1-2-9-16-14-8-7-13(10-17-14)21(19,20)18-15(11-3-4-11)12-5-6-12/h7-8,10-12,15,18H,2-6,9H2,1H3,(H,16,17). The van der Waals surface area contributed by atoms with Gasteiger partial charge in [0.1, 0.15) is 10.7 Å². The molecule has 1 aromatic heterocycles. The third-order valence-corrected chi connectivity index (χ3v) is 5.60. The minimum absolute atomic E-state index is 0.132. The molecule has 2 aliphatic rings. The third kappa shape index (κ3) is 3.74. The van der Waals surface area contributed by atoms with Gasteiger partial charge in [-0.1, -0.05) is 6.92 Å². The topological polar surface area (TPSA) is 71.1 Å². The fraction of sp³-hybridized carbons (Fsp3) is 0.667. The molecule has 0 bridgehead atoms. The van der Waals surface area contributed by atoms with E-state index in [0.29, 0.717) is 11.8 Å². The van der Waals surface area contributed by atoms with E-state index in [2.05, 4.69) is 21.9 Å². The second-order valence-corrected chi connectivity index (χ2v) is 7.84. The van der Waals surface area contributed by atoms with Crippen molar-refractivity contribution in [3.05, 3.63) is 18.3 Å². The zero-order valence-electron chi connectivity index (χ0n) is 12.4. The van der Waals surface area contributed by atoms with Crippen LogP contribution in [0.1, 0.15) is 39.0 Å². The van der Waals surface area contributed by atoms with E-state index in [1.54, 1.807) is 12.1 Å². The molecule has 0 amide bonds. The van der Waals surface area contributed by atoms with Crippen molar-refractivity contribution in [2.45, 2.75) is 50.0 Å². The van der Waals surface area contributed by atoms with Crippen LogP contribution in [0.5, 0.6) is 0 Å². The lowest BCUT2D eigenvalue weighted by Gasteiger charge is -2.17. The highest BCUT2D eigenvalue weighted by Gasteiger charge is 2.43. The number of anilines is 1. The Kier molecular flexibility index (Phi) is 4.17. The number of hydrogen-bond donors (Lipinski definition) is 2. The Balaban J connectivity index is 1.68. The molecular formula is C15H23N3O2S. The first-order valence-electron chi connectivity index (χ1n) is 7.82. The number of aromatic nitrogens is 1. The number of sulfonamides is 1. The molecule has 2 saturated carbocycles. The second kappa shape index (κ2) is 5.93. The SMILES string of the molecule is CCCNc1ccc(S(=O)(=O)NC(C2CC2)C2CC2)cn1. The molecule has 1 heterocycles. The lowest BCUT2D eigenvalue weighted by atomic mass is 10.1. The van der Waals surface area contributed by atoms with Crippen LogP contribution < -0.4 is 10.0 Å². The maximum Gasteiger partial charge on any atom is 0.242 e. The van der Waals surface area contributed by atoms with Crippen LogP contribution in [0.2, 0.25) is 0 Å². The average molecular weight is 309 g/mol. The summed E-state index contributed by atoms with van der Waals surface area (Å²) in [6.45, 7) is 2.91. The van der Waals surface area contributed by atoms with Crippen LogP contribution in [0.4, 0.5) is 5.82 Å². The maximum absolute atomic E-state index is 12.5. The molecule has 116 valence electrons. The molecule has 0 radical (unpaired) electrons. The number of nitrogens with one attached hydrogen (secondary N) is 2. The van der Waals surface area contributed by atoms with E-state index < -0.39 is 10.0 Å². The Hall–Kier alpha value is -1.14. The van der Waals surface area contributed by atoms with E-state index in [1.165, 1.54) is 6.20 Å². The summed E-state index contributed by atoms with van der Waals surface area (Å²) in [7, 11) is -3.45. The molecule has 0 unspecified atom stereocenters. The summed E-state index contributed by atoms with van der Waals surface area (Å²) in [4.78, 5) is 4.44. The van der Waals surface area contributed by atoms with E-state index >= 15 is 0 Å². The maximum atomic E-state index is 12.5. The molecule has 0 aliphatic heterocycles. The molecular weight excluding hydrogens is 286 g/mol. The summed E-state index contributed by atoms with van der Waals surface area (Å²) in [6, 6.07) is 3.49. The number of pyridine rings is 1. The van der Waals surface area contributed by atoms with Crippen molar-refractivity contribution in [3.63, 3.8) is 0 Å². The Bertz CT molecular complexity index is 565. The fourth-order valence-electron chi connectivity index (χ4n) is 2.63. The van der Waals surface area contributed by atoms with Crippen LogP contribution in [0, 0.1) is 11.8 Å². The first-order chi connectivity index (χ1) is 10.1. The van der Waals surface area contributed by atoms with E-state index in [0.717, 1.165) is 44.5 Å². The van der Waals surface area contributed by atoms with Gasteiger partial charge in [0.2, 0.25) is 10.0 Å². The van der Waals surface area contributed by atoms with Crippen molar-refractivity contribution in [3.8, 4) is 0 Å². The number of hydrogen-bond acceptors (Lipinski definition) is 4. The second-order valence-electron chi connectivity index (χ2n) is 6.13. The normalized spacial score (nSPS) is 19.0. The summed E-state index contributed by atoms with van der Waals surface area (Å²) in [5, 5.41) is 3.14. The molecule has 0 saturated heterocycles. The van der Waals surface area contributed by atoms with Gasteiger partial charge in [0.05, 0.1) is 0 Å². The average Bonchev–Trinajstić information content (AvgIpc) is 3.36. The van der Waals surface area contributed by atoms with Crippen molar-refractivity contribution in [1.29, 1.82) is 0 Å². The lowest BCUT2D eigenvalue weighted by Crippen LogP contribution is -2.38. The van der Waals surface area contributed by atoms with Gasteiger partial charge < -0.3 is 5.32 Å². The molecule has 1 aromatic rings. The predicted molar refractivity (Wildman–Crippen MR) is 82.6 cm³/mol. The van der Waals surface area contributed by atoms with Gasteiger partial charge in [-0.2, -0.15) is 0 Å². The van der Waals surface area contributed by atoms with Crippen LogP contribution in [0.3, 0.4) is 0 Å². The van der Waals surface area contributed by atoms with Crippen LogP contribution in [-0.2, 0) is 10.0 Å². The quantitative estimate of drug-likeness (QED) is 0.773. The molecule has 2 aliphatic carbocycles. The van der Waals surface area contributed by atoms with E-state index in [-0.39, 0.29) is 10.9 Å². The van der Waals surface area contributed by atoms with Gasteiger partial charge >= 0.3 is 0 Å². The number of rotatable bonds is 8. The van der Waals surface area contributed by atoms with Gasteiger partial charge in [-0.15, -0.1) is 0 Å². The summed E-state index contributed by atoms with van der Waals surface area (Å²) < 4.78 is 27.8. The zero-order valence-corrected chi connectivity index (χ0v) is 13.2. The molecule has 0 atom stereocenters. The Morgan fingerprint density at radius 1 is 1.24 bits per heavy atom. The summed E-state index contributed by atoms with van der Waals surface area (Å²) in [5.41, 5.74) is 0. The molecule has 2 N–H and O–H groups in total. The third-order valence-electron chi connectivity index (χ3n) is 4.15. The summed E-state index contributed by atoms with van der Waals surface area (Å²) in [5.74, 6) is 1.81. The smallest absolute Gasteiger partial charge is 0.242 e. The first-order valence-corrected chi connectivity index (χ1v) is 9.30. The van der Waals surface area contributed by atoms with Crippen molar-refractivity contribution < 1.29 is 8.42 Å². The molecule has 5 nitrogen and oxygen atoms in total. The fourth-order valence-corrected chi connectivity index (χ4v) is 3.95. The van der Waals surface area contributed by atoms with Crippen molar-refractivity contribution >= 4 is 15.8 Å². The van der Waals surface area contributed by atoms with Gasteiger partial charge in [-0.05, 0) is 56.1 Å². The molecule has 21 heavy (non-hydrogen) atoms.